The number of hydrogen-bond donors (Lipinski definition) is 3. The molecule has 6 atom stereocenters. The SMILES string of the molecule is Nc1ccn(O[C@@H]2O[C@H](CO[P+]3([O-])OCC[C@@H](c4cccc(Cl)c4)O3)[C@@H](O)[C@@H]2O)c(=O)n1. The van der Waals surface area contributed by atoms with Crippen LogP contribution in [0.15, 0.2) is 41.3 Å². The summed E-state index contributed by atoms with van der Waals surface area (Å²) in [5.74, 6) is -0.0117. The van der Waals surface area contributed by atoms with Gasteiger partial charge in [-0.1, -0.05) is 23.7 Å². The fourth-order valence-corrected chi connectivity index (χ4v) is 4.81. The van der Waals surface area contributed by atoms with Crippen LogP contribution in [0.1, 0.15) is 18.1 Å². The average molecular weight is 490 g/mol. The molecule has 2 aliphatic heterocycles. The smallest absolute Gasteiger partial charge is 0.382 e. The first-order valence-corrected chi connectivity index (χ1v) is 11.4. The molecule has 32 heavy (non-hydrogen) atoms. The number of aliphatic hydroxyl groups excluding tert-OH is 2. The highest BCUT2D eigenvalue weighted by atomic mass is 35.5. The van der Waals surface area contributed by atoms with Gasteiger partial charge >= 0.3 is 13.9 Å². The lowest BCUT2D eigenvalue weighted by Gasteiger charge is -2.33. The molecule has 0 spiro atoms. The van der Waals surface area contributed by atoms with Crippen molar-refractivity contribution in [3.63, 3.8) is 0 Å². The van der Waals surface area contributed by atoms with Gasteiger partial charge in [-0.15, -0.1) is 4.73 Å². The lowest BCUT2D eigenvalue weighted by atomic mass is 10.1. The molecular formula is C18H21ClN3O9P. The molecule has 0 radical (unpaired) electrons. The molecule has 174 valence electrons. The van der Waals surface area contributed by atoms with Crippen LogP contribution in [0.4, 0.5) is 5.82 Å². The second kappa shape index (κ2) is 9.56. The quantitative estimate of drug-likeness (QED) is 0.450. The Bertz CT molecular complexity index is 1010. The van der Waals surface area contributed by atoms with Gasteiger partial charge in [0, 0.05) is 17.5 Å². The summed E-state index contributed by atoms with van der Waals surface area (Å²) in [5, 5.41) is 20.9. The second-order valence-electron chi connectivity index (χ2n) is 7.10. The number of ether oxygens (including phenoxy) is 1. The predicted molar refractivity (Wildman–Crippen MR) is 109 cm³/mol. The van der Waals surface area contributed by atoms with E-state index in [-0.39, 0.29) is 12.4 Å². The Kier molecular flexibility index (Phi) is 6.96. The van der Waals surface area contributed by atoms with E-state index in [2.05, 4.69) is 4.98 Å². The van der Waals surface area contributed by atoms with Crippen LogP contribution >= 0.6 is 19.8 Å². The van der Waals surface area contributed by atoms with Gasteiger partial charge in [0.2, 0.25) is 0 Å². The number of benzene rings is 1. The van der Waals surface area contributed by atoms with Crippen LogP contribution in [0.2, 0.25) is 5.02 Å². The summed E-state index contributed by atoms with van der Waals surface area (Å²) >= 11 is 6.00. The Morgan fingerprint density at radius 3 is 2.91 bits per heavy atom. The molecule has 2 aromatic rings. The van der Waals surface area contributed by atoms with E-state index in [9.17, 15) is 19.9 Å². The minimum Gasteiger partial charge on any atom is -0.606 e. The summed E-state index contributed by atoms with van der Waals surface area (Å²) in [7, 11) is -3.98. The highest BCUT2D eigenvalue weighted by molar-refractivity contribution is 7.54. The van der Waals surface area contributed by atoms with Crippen molar-refractivity contribution >= 4 is 25.6 Å². The van der Waals surface area contributed by atoms with Crippen molar-refractivity contribution in [2.45, 2.75) is 37.1 Å². The van der Waals surface area contributed by atoms with Crippen LogP contribution < -0.4 is 21.2 Å². The van der Waals surface area contributed by atoms with E-state index >= 15 is 0 Å². The zero-order valence-electron chi connectivity index (χ0n) is 16.5. The number of nitrogen functional groups attached to an aromatic ring is 1. The van der Waals surface area contributed by atoms with Gasteiger partial charge in [-0.25, -0.2) is 4.79 Å². The summed E-state index contributed by atoms with van der Waals surface area (Å²) in [6.07, 6.45) is -4.48. The van der Waals surface area contributed by atoms with Crippen LogP contribution in [0.3, 0.4) is 0 Å². The summed E-state index contributed by atoms with van der Waals surface area (Å²) in [6.45, 7) is -0.323. The Hall–Kier alpha value is -1.86. The molecule has 3 heterocycles. The fraction of sp³-hybridized carbons (Fsp3) is 0.444. The molecule has 12 nitrogen and oxygen atoms in total. The highest BCUT2D eigenvalue weighted by Gasteiger charge is 2.48. The van der Waals surface area contributed by atoms with E-state index in [0.29, 0.717) is 21.7 Å². The molecule has 0 amide bonds. The fourth-order valence-electron chi connectivity index (χ4n) is 3.21. The van der Waals surface area contributed by atoms with Gasteiger partial charge < -0.3 is 30.4 Å². The number of rotatable bonds is 6. The number of nitrogens with two attached hydrogens (primary N) is 1. The van der Waals surface area contributed by atoms with E-state index in [4.69, 9.17) is 40.5 Å². The summed E-state index contributed by atoms with van der Waals surface area (Å²) in [5.41, 5.74) is 5.29. The first kappa shape index (κ1) is 23.3. The summed E-state index contributed by atoms with van der Waals surface area (Å²) < 4.78 is 22.2. The summed E-state index contributed by atoms with van der Waals surface area (Å²) in [4.78, 5) is 33.4. The minimum atomic E-state index is -3.98. The van der Waals surface area contributed by atoms with E-state index in [1.54, 1.807) is 24.3 Å². The lowest BCUT2D eigenvalue weighted by Crippen LogP contribution is -2.41. The van der Waals surface area contributed by atoms with Crippen LogP contribution in [0.25, 0.3) is 0 Å². The zero-order valence-corrected chi connectivity index (χ0v) is 18.2. The van der Waals surface area contributed by atoms with Crippen molar-refractivity contribution in [1.82, 2.24) is 9.71 Å². The maximum absolute atomic E-state index is 12.9. The second-order valence-corrected chi connectivity index (χ2v) is 9.16. The van der Waals surface area contributed by atoms with E-state index in [1.165, 1.54) is 12.3 Å². The van der Waals surface area contributed by atoms with Crippen molar-refractivity contribution in [3.05, 3.63) is 57.6 Å². The zero-order chi connectivity index (χ0) is 22.9. The molecule has 14 heteroatoms. The number of nitrogens with zero attached hydrogens (tertiary/aromatic N) is 2. The third kappa shape index (κ3) is 5.20. The molecule has 1 aromatic heterocycles. The number of aliphatic hydroxyl groups is 2. The third-order valence-electron chi connectivity index (χ3n) is 4.83. The monoisotopic (exact) mass is 489 g/mol. The van der Waals surface area contributed by atoms with Crippen molar-refractivity contribution in [3.8, 4) is 0 Å². The molecule has 2 aliphatic rings. The Labute approximate surface area is 187 Å². The van der Waals surface area contributed by atoms with Gasteiger partial charge in [0.25, 0.3) is 6.29 Å². The minimum absolute atomic E-state index is 0.0117. The molecule has 2 saturated heterocycles. The normalized spacial score (nSPS) is 32.7. The van der Waals surface area contributed by atoms with Crippen LogP contribution in [-0.4, -0.2) is 57.7 Å². The highest BCUT2D eigenvalue weighted by Crippen LogP contribution is 2.60. The first-order chi connectivity index (χ1) is 15.2. The van der Waals surface area contributed by atoms with Gasteiger partial charge in [0.05, 0.1) is 6.20 Å². The average Bonchev–Trinajstić information content (AvgIpc) is 3.02. The molecule has 1 unspecified atom stereocenters. The molecule has 0 saturated carbocycles. The third-order valence-corrected chi connectivity index (χ3v) is 6.55. The van der Waals surface area contributed by atoms with E-state index in [0.717, 1.165) is 0 Å². The summed E-state index contributed by atoms with van der Waals surface area (Å²) in [6, 6.07) is 8.23. The Morgan fingerprint density at radius 2 is 2.16 bits per heavy atom. The molecule has 0 bridgehead atoms. The maximum Gasteiger partial charge on any atom is 0.382 e. The van der Waals surface area contributed by atoms with Crippen molar-refractivity contribution in [2.24, 2.45) is 0 Å². The molecule has 4 rings (SSSR count). The lowest BCUT2D eigenvalue weighted by molar-refractivity contribution is -0.265. The van der Waals surface area contributed by atoms with E-state index in [1.807, 2.05) is 0 Å². The molecule has 0 aliphatic carbocycles. The Morgan fingerprint density at radius 1 is 1.34 bits per heavy atom. The van der Waals surface area contributed by atoms with Gasteiger partial charge in [-0.05, 0) is 17.7 Å². The largest absolute Gasteiger partial charge is 0.606 e. The van der Waals surface area contributed by atoms with Gasteiger partial charge in [-0.2, -0.15) is 18.6 Å². The topological polar surface area (TPSA) is 171 Å². The number of phosphoric acid groups is 1. The first-order valence-electron chi connectivity index (χ1n) is 9.61. The Balaban J connectivity index is 1.37. The number of anilines is 1. The molecule has 4 N–H and O–H groups in total. The predicted octanol–water partition coefficient (Wildman–Crippen LogP) is -0.413. The van der Waals surface area contributed by atoms with E-state index < -0.39 is 51.2 Å². The van der Waals surface area contributed by atoms with Gasteiger partial charge in [-0.3, -0.25) is 0 Å². The van der Waals surface area contributed by atoms with Crippen LogP contribution in [0.5, 0.6) is 0 Å². The molecule has 1 aromatic carbocycles. The number of phosphoric ester groups is 1. The van der Waals surface area contributed by atoms with Crippen molar-refractivity contribution < 1.29 is 38.3 Å². The van der Waals surface area contributed by atoms with Crippen LogP contribution in [0, 0.1) is 0 Å². The van der Waals surface area contributed by atoms with Crippen molar-refractivity contribution in [2.75, 3.05) is 18.9 Å². The number of halogens is 1. The maximum atomic E-state index is 12.9. The molecule has 2 fully saturated rings. The van der Waals surface area contributed by atoms with Crippen LogP contribution in [-0.2, 0) is 18.3 Å². The van der Waals surface area contributed by atoms with Crippen molar-refractivity contribution in [1.29, 1.82) is 0 Å². The number of hydrogen-bond acceptors (Lipinski definition) is 11. The molecular weight excluding hydrogens is 469 g/mol. The van der Waals surface area contributed by atoms with Gasteiger partial charge in [0.1, 0.15) is 43.4 Å². The number of aromatic nitrogens is 2. The van der Waals surface area contributed by atoms with Gasteiger partial charge in [0.15, 0.2) is 0 Å². The standard InChI is InChI=1S/C18H21ClN3O9P/c19-11-3-1-2-10(8-11)12-5-7-27-32(26,31-12)28-9-13-15(23)16(24)17(29-13)30-22-6-4-14(20)21-18(22)25/h1-4,6,8,12-13,15-17,23-24H,5,7,9H2,(H2,20,21,25)/t12-,13+,15+,16-,17-,32?/m0/s1.